The molecule has 2 aromatic heterocycles. The summed E-state index contributed by atoms with van der Waals surface area (Å²) in [5.41, 5.74) is 4.80. The lowest BCUT2D eigenvalue weighted by Gasteiger charge is -2.06. The topological polar surface area (TPSA) is 42.0 Å². The fourth-order valence-electron chi connectivity index (χ4n) is 3.18. The Kier molecular flexibility index (Phi) is 4.68. The highest BCUT2D eigenvalue weighted by Crippen LogP contribution is 2.37. The van der Waals surface area contributed by atoms with E-state index in [1.54, 1.807) is 11.3 Å². The predicted octanol–water partition coefficient (Wildman–Crippen LogP) is 6.94. The van der Waals surface area contributed by atoms with Gasteiger partial charge in [-0.05, 0) is 46.8 Å². The van der Waals surface area contributed by atoms with E-state index in [9.17, 15) is 4.79 Å². The number of nitrogens with zero attached hydrogens (tertiary/aromatic N) is 1. The van der Waals surface area contributed by atoms with Crippen LogP contribution < -0.4 is 5.32 Å². The molecular weight excluding hydrogens is 396 g/mol. The zero-order chi connectivity index (χ0) is 19.6. The average molecular weight is 413 g/mol. The molecule has 0 aliphatic rings. The van der Waals surface area contributed by atoms with Crippen molar-refractivity contribution in [3.63, 3.8) is 0 Å². The SMILES string of the molecule is O=C(Nc1sccc1-c1nc2ccccc2s1)c1ccc(-c2ccccc2)cc1. The first-order valence-electron chi connectivity index (χ1n) is 9.18. The number of thiophene rings is 1. The van der Waals surface area contributed by atoms with Crippen LogP contribution in [0.15, 0.2) is 90.3 Å². The highest BCUT2D eigenvalue weighted by molar-refractivity contribution is 7.22. The molecule has 5 heteroatoms. The van der Waals surface area contributed by atoms with E-state index in [-0.39, 0.29) is 5.91 Å². The predicted molar refractivity (Wildman–Crippen MR) is 123 cm³/mol. The van der Waals surface area contributed by atoms with Crippen molar-refractivity contribution in [1.29, 1.82) is 0 Å². The molecule has 0 atom stereocenters. The van der Waals surface area contributed by atoms with Gasteiger partial charge in [0.25, 0.3) is 5.91 Å². The van der Waals surface area contributed by atoms with E-state index >= 15 is 0 Å². The highest BCUT2D eigenvalue weighted by atomic mass is 32.1. The molecule has 5 aromatic rings. The summed E-state index contributed by atoms with van der Waals surface area (Å²) in [4.78, 5) is 17.5. The van der Waals surface area contributed by atoms with Crippen LogP contribution in [0.2, 0.25) is 0 Å². The number of hydrogen-bond acceptors (Lipinski definition) is 4. The number of anilines is 1. The molecule has 2 heterocycles. The number of amides is 1. The highest BCUT2D eigenvalue weighted by Gasteiger charge is 2.15. The Morgan fingerprint density at radius 3 is 2.31 bits per heavy atom. The Morgan fingerprint density at radius 1 is 0.793 bits per heavy atom. The number of carbonyl (C=O) groups is 1. The van der Waals surface area contributed by atoms with Crippen LogP contribution in [0, 0.1) is 0 Å². The largest absolute Gasteiger partial charge is 0.313 e. The number of rotatable bonds is 4. The van der Waals surface area contributed by atoms with E-state index in [0.717, 1.165) is 36.9 Å². The van der Waals surface area contributed by atoms with Crippen LogP contribution in [0.5, 0.6) is 0 Å². The number of carbonyl (C=O) groups excluding carboxylic acids is 1. The van der Waals surface area contributed by atoms with Gasteiger partial charge in [0.05, 0.1) is 10.2 Å². The van der Waals surface area contributed by atoms with Gasteiger partial charge in [-0.1, -0.05) is 54.6 Å². The summed E-state index contributed by atoms with van der Waals surface area (Å²) in [5.74, 6) is -0.116. The van der Waals surface area contributed by atoms with E-state index in [1.165, 1.54) is 11.3 Å². The zero-order valence-corrected chi connectivity index (χ0v) is 17.0. The molecule has 3 nitrogen and oxygen atoms in total. The Balaban J connectivity index is 1.38. The zero-order valence-electron chi connectivity index (χ0n) is 15.3. The lowest BCUT2D eigenvalue weighted by atomic mass is 10.0. The van der Waals surface area contributed by atoms with Crippen LogP contribution in [-0.2, 0) is 0 Å². The molecule has 1 amide bonds. The van der Waals surface area contributed by atoms with Crippen LogP contribution in [0.3, 0.4) is 0 Å². The van der Waals surface area contributed by atoms with Crippen molar-refractivity contribution in [2.45, 2.75) is 0 Å². The number of benzene rings is 3. The van der Waals surface area contributed by atoms with Gasteiger partial charge in [-0.15, -0.1) is 22.7 Å². The van der Waals surface area contributed by atoms with E-state index < -0.39 is 0 Å². The van der Waals surface area contributed by atoms with Crippen molar-refractivity contribution < 1.29 is 4.79 Å². The maximum Gasteiger partial charge on any atom is 0.256 e. The van der Waals surface area contributed by atoms with Gasteiger partial charge in [-0.2, -0.15) is 0 Å². The second kappa shape index (κ2) is 7.62. The quantitative estimate of drug-likeness (QED) is 0.347. The van der Waals surface area contributed by atoms with Crippen molar-refractivity contribution in [2.24, 2.45) is 0 Å². The maximum atomic E-state index is 12.8. The van der Waals surface area contributed by atoms with Gasteiger partial charge in [0.2, 0.25) is 0 Å². The second-order valence-corrected chi connectivity index (χ2v) is 8.49. The molecule has 140 valence electrons. The molecule has 0 saturated carbocycles. The molecule has 0 aliphatic carbocycles. The van der Waals surface area contributed by atoms with Crippen molar-refractivity contribution >= 4 is 43.8 Å². The third kappa shape index (κ3) is 3.58. The number of hydrogen-bond donors (Lipinski definition) is 1. The summed E-state index contributed by atoms with van der Waals surface area (Å²) >= 11 is 3.15. The maximum absolute atomic E-state index is 12.8. The van der Waals surface area contributed by atoms with Gasteiger partial charge >= 0.3 is 0 Å². The molecular formula is C24H16N2OS2. The van der Waals surface area contributed by atoms with E-state index in [1.807, 2.05) is 72.1 Å². The van der Waals surface area contributed by atoms with Crippen molar-refractivity contribution in [2.75, 3.05) is 5.32 Å². The van der Waals surface area contributed by atoms with Gasteiger partial charge in [0.15, 0.2) is 0 Å². The first-order chi connectivity index (χ1) is 14.3. The Hall–Kier alpha value is -3.28. The average Bonchev–Trinajstić information content (AvgIpc) is 3.41. The van der Waals surface area contributed by atoms with Gasteiger partial charge in [0, 0.05) is 11.1 Å². The summed E-state index contributed by atoms with van der Waals surface area (Å²) in [5, 5.41) is 6.78. The van der Waals surface area contributed by atoms with Gasteiger partial charge in [0.1, 0.15) is 10.0 Å². The van der Waals surface area contributed by atoms with Crippen LogP contribution in [0.25, 0.3) is 31.9 Å². The third-order valence-corrected chi connectivity index (χ3v) is 6.57. The van der Waals surface area contributed by atoms with E-state index in [4.69, 9.17) is 4.98 Å². The van der Waals surface area contributed by atoms with E-state index in [0.29, 0.717) is 5.56 Å². The fraction of sp³-hybridized carbons (Fsp3) is 0. The van der Waals surface area contributed by atoms with E-state index in [2.05, 4.69) is 23.5 Å². The molecule has 0 saturated heterocycles. The van der Waals surface area contributed by atoms with Gasteiger partial charge in [-0.25, -0.2) is 4.98 Å². The van der Waals surface area contributed by atoms with Crippen molar-refractivity contribution in [1.82, 2.24) is 4.98 Å². The first kappa shape index (κ1) is 17.8. The monoisotopic (exact) mass is 412 g/mol. The number of thiazole rings is 1. The minimum atomic E-state index is -0.116. The molecule has 0 bridgehead atoms. The third-order valence-electron chi connectivity index (χ3n) is 4.67. The summed E-state index contributed by atoms with van der Waals surface area (Å²) in [6, 6.07) is 27.9. The fourth-order valence-corrected chi connectivity index (χ4v) is 5.03. The first-order valence-corrected chi connectivity index (χ1v) is 10.9. The second-order valence-electron chi connectivity index (χ2n) is 6.55. The Morgan fingerprint density at radius 2 is 1.52 bits per heavy atom. The van der Waals surface area contributed by atoms with Gasteiger partial charge < -0.3 is 5.32 Å². The standard InChI is InChI=1S/C24H16N2OS2/c27-22(18-12-10-17(11-13-18)16-6-2-1-3-7-16)26-23-19(14-15-28-23)24-25-20-8-4-5-9-21(20)29-24/h1-15H,(H,26,27). The Bertz CT molecular complexity index is 1250. The molecule has 0 spiro atoms. The lowest BCUT2D eigenvalue weighted by molar-refractivity contribution is 0.102. The van der Waals surface area contributed by atoms with Crippen molar-refractivity contribution in [3.8, 4) is 21.7 Å². The minimum absolute atomic E-state index is 0.116. The number of nitrogens with one attached hydrogen (secondary N) is 1. The molecule has 0 fully saturated rings. The van der Waals surface area contributed by atoms with Crippen molar-refractivity contribution in [3.05, 3.63) is 95.9 Å². The van der Waals surface area contributed by atoms with Crippen LogP contribution in [0.4, 0.5) is 5.00 Å². The van der Waals surface area contributed by atoms with Crippen LogP contribution >= 0.6 is 22.7 Å². The normalized spacial score (nSPS) is 10.9. The molecule has 0 aliphatic heterocycles. The van der Waals surface area contributed by atoms with Gasteiger partial charge in [-0.3, -0.25) is 4.79 Å². The molecule has 5 rings (SSSR count). The smallest absolute Gasteiger partial charge is 0.256 e. The summed E-state index contributed by atoms with van der Waals surface area (Å²) < 4.78 is 1.14. The lowest BCUT2D eigenvalue weighted by Crippen LogP contribution is -2.11. The minimum Gasteiger partial charge on any atom is -0.313 e. The molecule has 3 aromatic carbocycles. The summed E-state index contributed by atoms with van der Waals surface area (Å²) in [6.45, 7) is 0. The number of aromatic nitrogens is 1. The molecule has 0 unspecified atom stereocenters. The van der Waals surface area contributed by atoms with Crippen LogP contribution in [0.1, 0.15) is 10.4 Å². The summed E-state index contributed by atoms with van der Waals surface area (Å²) in [6.07, 6.45) is 0. The number of fused-ring (bicyclic) bond motifs is 1. The summed E-state index contributed by atoms with van der Waals surface area (Å²) in [7, 11) is 0. The number of para-hydroxylation sites is 1. The molecule has 29 heavy (non-hydrogen) atoms. The Labute approximate surface area is 176 Å². The molecule has 0 radical (unpaired) electrons. The van der Waals surface area contributed by atoms with Crippen LogP contribution in [-0.4, -0.2) is 10.9 Å². The molecule has 1 N–H and O–H groups in total.